The van der Waals surface area contributed by atoms with Gasteiger partial charge in [0, 0.05) is 12.5 Å². The molecule has 0 radical (unpaired) electrons. The Labute approximate surface area is 70.9 Å². The van der Waals surface area contributed by atoms with Gasteiger partial charge in [-0.2, -0.15) is 0 Å². The van der Waals surface area contributed by atoms with E-state index < -0.39 is 5.82 Å². The van der Waals surface area contributed by atoms with Crippen molar-refractivity contribution in [3.8, 4) is 18.1 Å². The summed E-state index contributed by atoms with van der Waals surface area (Å²) in [5.74, 6) is 1.97. The zero-order valence-corrected chi connectivity index (χ0v) is 6.55. The van der Waals surface area contributed by atoms with Crippen LogP contribution >= 0.6 is 0 Å². The highest BCUT2D eigenvalue weighted by Crippen LogP contribution is 2.15. The highest BCUT2D eigenvalue weighted by atomic mass is 19.1. The molecule has 0 saturated heterocycles. The van der Waals surface area contributed by atoms with Gasteiger partial charge in [-0.3, -0.25) is 0 Å². The molecule has 0 unspecified atom stereocenters. The predicted octanol–water partition coefficient (Wildman–Crippen LogP) is 2.10. The fourth-order valence-corrected chi connectivity index (χ4v) is 0.946. The number of aryl methyl sites for hydroxylation is 1. The van der Waals surface area contributed by atoms with Crippen LogP contribution in [0.1, 0.15) is 12.0 Å². The molecule has 0 atom stereocenters. The summed E-state index contributed by atoms with van der Waals surface area (Å²) < 4.78 is 12.9. The maximum Gasteiger partial charge on any atom is 0.130 e. The third-order valence-corrected chi connectivity index (χ3v) is 1.58. The maximum atomic E-state index is 12.9. The highest BCUT2D eigenvalue weighted by Gasteiger charge is 2.01. The fraction of sp³-hybridized carbons (Fsp3) is 0.200. The summed E-state index contributed by atoms with van der Waals surface area (Å²) in [5.41, 5.74) is 0.547. The molecule has 0 spiro atoms. The Hall–Kier alpha value is -1.49. The van der Waals surface area contributed by atoms with Crippen LogP contribution in [0.2, 0.25) is 0 Å². The number of aromatic hydroxyl groups is 1. The minimum absolute atomic E-state index is 0.0584. The number of halogens is 1. The van der Waals surface area contributed by atoms with Crippen LogP contribution < -0.4 is 0 Å². The molecule has 1 N–H and O–H groups in total. The monoisotopic (exact) mass is 164 g/mol. The van der Waals surface area contributed by atoms with E-state index in [1.54, 1.807) is 6.07 Å². The third kappa shape index (κ3) is 2.00. The van der Waals surface area contributed by atoms with Crippen LogP contribution in [0.25, 0.3) is 0 Å². The van der Waals surface area contributed by atoms with Crippen molar-refractivity contribution in [2.45, 2.75) is 12.8 Å². The van der Waals surface area contributed by atoms with Gasteiger partial charge in [0.2, 0.25) is 0 Å². The summed E-state index contributed by atoms with van der Waals surface area (Å²) in [6.45, 7) is 0. The fourth-order valence-electron chi connectivity index (χ4n) is 0.946. The first-order chi connectivity index (χ1) is 5.74. The molecule has 0 fully saturated rings. The van der Waals surface area contributed by atoms with E-state index in [4.69, 9.17) is 11.5 Å². The van der Waals surface area contributed by atoms with Crippen LogP contribution in [0.5, 0.6) is 5.75 Å². The van der Waals surface area contributed by atoms with Crippen LogP contribution in [0, 0.1) is 18.2 Å². The van der Waals surface area contributed by atoms with E-state index in [2.05, 4.69) is 5.92 Å². The number of terminal acetylenes is 1. The van der Waals surface area contributed by atoms with Gasteiger partial charge in [0.1, 0.15) is 11.6 Å². The number of benzene rings is 1. The lowest BCUT2D eigenvalue weighted by Gasteiger charge is -1.99. The van der Waals surface area contributed by atoms with Crippen LogP contribution in [-0.4, -0.2) is 5.11 Å². The van der Waals surface area contributed by atoms with E-state index in [1.165, 1.54) is 6.07 Å². The van der Waals surface area contributed by atoms with Gasteiger partial charge in [0.15, 0.2) is 0 Å². The highest BCUT2D eigenvalue weighted by molar-refractivity contribution is 5.28. The molecule has 0 saturated carbocycles. The van der Waals surface area contributed by atoms with Crippen molar-refractivity contribution in [1.82, 2.24) is 0 Å². The Morgan fingerprint density at radius 3 is 2.83 bits per heavy atom. The smallest absolute Gasteiger partial charge is 0.130 e. The second kappa shape index (κ2) is 3.77. The number of hydrogen-bond acceptors (Lipinski definition) is 1. The summed E-state index contributed by atoms with van der Waals surface area (Å²) >= 11 is 0. The second-order valence-electron chi connectivity index (χ2n) is 2.48. The quantitative estimate of drug-likeness (QED) is 0.663. The Morgan fingerprint density at radius 1 is 1.50 bits per heavy atom. The first kappa shape index (κ1) is 8.61. The van der Waals surface area contributed by atoms with Crippen molar-refractivity contribution in [2.24, 2.45) is 0 Å². The lowest BCUT2D eigenvalue weighted by molar-refractivity contribution is 0.468. The molecular formula is C10H9FO. The van der Waals surface area contributed by atoms with Gasteiger partial charge in [-0.1, -0.05) is 6.07 Å². The van der Waals surface area contributed by atoms with Gasteiger partial charge in [-0.25, -0.2) is 4.39 Å². The van der Waals surface area contributed by atoms with Crippen LogP contribution in [0.4, 0.5) is 4.39 Å². The standard InChI is InChI=1S/C10H9FO/c1-2-3-4-8-5-6-9(12)7-10(8)11/h1,5-7,12H,3-4H2. The first-order valence-electron chi connectivity index (χ1n) is 3.65. The van der Waals surface area contributed by atoms with Gasteiger partial charge in [-0.15, -0.1) is 12.3 Å². The number of phenols is 1. The minimum atomic E-state index is -0.398. The molecule has 0 heterocycles. The summed E-state index contributed by atoms with van der Waals surface area (Å²) in [5, 5.41) is 8.88. The molecule has 1 rings (SSSR count). The molecule has 0 aliphatic rings. The molecule has 0 aliphatic heterocycles. The summed E-state index contributed by atoms with van der Waals surface area (Å²) in [6.07, 6.45) is 6.07. The van der Waals surface area contributed by atoms with Gasteiger partial charge in [-0.05, 0) is 18.1 Å². The molecule has 0 aromatic heterocycles. The normalized spacial score (nSPS) is 9.33. The predicted molar refractivity (Wildman–Crippen MR) is 45.2 cm³/mol. The SMILES string of the molecule is C#CCCc1ccc(O)cc1F. The Kier molecular flexibility index (Phi) is 2.71. The van der Waals surface area contributed by atoms with Gasteiger partial charge in [0.05, 0.1) is 0 Å². The van der Waals surface area contributed by atoms with E-state index in [0.29, 0.717) is 18.4 Å². The summed E-state index contributed by atoms with van der Waals surface area (Å²) in [7, 11) is 0. The molecule has 1 aromatic carbocycles. The second-order valence-corrected chi connectivity index (χ2v) is 2.48. The molecule has 62 valence electrons. The van der Waals surface area contributed by atoms with Crippen molar-refractivity contribution in [3.63, 3.8) is 0 Å². The molecular weight excluding hydrogens is 155 g/mol. The van der Waals surface area contributed by atoms with Crippen molar-refractivity contribution >= 4 is 0 Å². The molecule has 0 amide bonds. The lowest BCUT2D eigenvalue weighted by Crippen LogP contribution is -1.88. The molecule has 0 aliphatic carbocycles. The van der Waals surface area contributed by atoms with Gasteiger partial charge in [0.25, 0.3) is 0 Å². The third-order valence-electron chi connectivity index (χ3n) is 1.58. The Morgan fingerprint density at radius 2 is 2.25 bits per heavy atom. The average Bonchev–Trinajstić information content (AvgIpc) is 2.03. The number of phenolic OH excluding ortho intramolecular Hbond substituents is 1. The van der Waals surface area contributed by atoms with E-state index in [0.717, 1.165) is 6.07 Å². The lowest BCUT2D eigenvalue weighted by atomic mass is 10.1. The van der Waals surface area contributed by atoms with Gasteiger partial charge >= 0.3 is 0 Å². The van der Waals surface area contributed by atoms with E-state index in [-0.39, 0.29) is 5.75 Å². The average molecular weight is 164 g/mol. The number of rotatable bonds is 2. The Bertz CT molecular complexity index is 312. The molecule has 12 heavy (non-hydrogen) atoms. The van der Waals surface area contributed by atoms with E-state index in [9.17, 15) is 4.39 Å². The van der Waals surface area contributed by atoms with E-state index in [1.807, 2.05) is 0 Å². The number of hydrogen-bond donors (Lipinski definition) is 1. The molecule has 1 nitrogen and oxygen atoms in total. The molecule has 2 heteroatoms. The molecule has 0 bridgehead atoms. The first-order valence-corrected chi connectivity index (χ1v) is 3.65. The van der Waals surface area contributed by atoms with Crippen LogP contribution in [0.15, 0.2) is 18.2 Å². The zero-order chi connectivity index (χ0) is 8.97. The van der Waals surface area contributed by atoms with Crippen LogP contribution in [0.3, 0.4) is 0 Å². The van der Waals surface area contributed by atoms with E-state index >= 15 is 0 Å². The topological polar surface area (TPSA) is 20.2 Å². The van der Waals surface area contributed by atoms with Gasteiger partial charge < -0.3 is 5.11 Å². The maximum absolute atomic E-state index is 12.9. The van der Waals surface area contributed by atoms with Crippen LogP contribution in [-0.2, 0) is 6.42 Å². The largest absolute Gasteiger partial charge is 0.508 e. The Balaban J connectivity index is 2.81. The minimum Gasteiger partial charge on any atom is -0.508 e. The molecule has 1 aromatic rings. The van der Waals surface area contributed by atoms with Crippen molar-refractivity contribution in [3.05, 3.63) is 29.6 Å². The summed E-state index contributed by atoms with van der Waals surface area (Å²) in [4.78, 5) is 0. The zero-order valence-electron chi connectivity index (χ0n) is 6.55. The van der Waals surface area contributed by atoms with Crippen molar-refractivity contribution in [1.29, 1.82) is 0 Å². The van der Waals surface area contributed by atoms with Crippen molar-refractivity contribution < 1.29 is 9.50 Å². The summed E-state index contributed by atoms with van der Waals surface area (Å²) in [6, 6.07) is 4.09. The van der Waals surface area contributed by atoms with Crippen molar-refractivity contribution in [2.75, 3.05) is 0 Å².